The van der Waals surface area contributed by atoms with E-state index in [1.807, 2.05) is 0 Å². The standard InChI is InChI=1S/C15H23FN4O2S/c1-17-15(18-7-12-23(2,21)22)20-10-8-19(9-11-20)14-5-3-13(16)4-6-14/h3-6H,7-12H2,1-2H3,(H,17,18). The van der Waals surface area contributed by atoms with Crippen molar-refractivity contribution in [2.45, 2.75) is 0 Å². The van der Waals surface area contributed by atoms with Crippen LogP contribution in [0, 0.1) is 5.82 Å². The fourth-order valence-electron chi connectivity index (χ4n) is 2.51. The van der Waals surface area contributed by atoms with E-state index in [4.69, 9.17) is 0 Å². The molecular weight excluding hydrogens is 319 g/mol. The Morgan fingerprint density at radius 3 is 2.35 bits per heavy atom. The number of rotatable bonds is 4. The van der Waals surface area contributed by atoms with Crippen molar-refractivity contribution in [2.75, 3.05) is 56.7 Å². The van der Waals surface area contributed by atoms with Gasteiger partial charge in [0.25, 0.3) is 0 Å². The highest BCUT2D eigenvalue weighted by atomic mass is 32.2. The minimum absolute atomic E-state index is 0.0849. The van der Waals surface area contributed by atoms with Gasteiger partial charge >= 0.3 is 0 Å². The fraction of sp³-hybridized carbons (Fsp3) is 0.533. The summed E-state index contributed by atoms with van der Waals surface area (Å²) in [5.41, 5.74) is 1.01. The van der Waals surface area contributed by atoms with E-state index in [1.54, 1.807) is 19.2 Å². The van der Waals surface area contributed by atoms with Crippen LogP contribution in [0.3, 0.4) is 0 Å². The highest BCUT2D eigenvalue weighted by molar-refractivity contribution is 7.90. The largest absolute Gasteiger partial charge is 0.368 e. The van der Waals surface area contributed by atoms with Gasteiger partial charge in [0.05, 0.1) is 5.75 Å². The third-order valence-electron chi connectivity index (χ3n) is 3.74. The van der Waals surface area contributed by atoms with Crippen LogP contribution in [0.2, 0.25) is 0 Å². The highest BCUT2D eigenvalue weighted by Crippen LogP contribution is 2.16. The molecular formula is C15H23FN4O2S. The molecule has 1 aliphatic heterocycles. The number of sulfone groups is 1. The van der Waals surface area contributed by atoms with Gasteiger partial charge < -0.3 is 15.1 Å². The van der Waals surface area contributed by atoms with Crippen LogP contribution in [0.5, 0.6) is 0 Å². The van der Waals surface area contributed by atoms with E-state index in [0.29, 0.717) is 12.5 Å². The van der Waals surface area contributed by atoms with Gasteiger partial charge in [0.15, 0.2) is 5.96 Å². The summed E-state index contributed by atoms with van der Waals surface area (Å²) < 4.78 is 35.3. The van der Waals surface area contributed by atoms with Crippen LogP contribution in [0.25, 0.3) is 0 Å². The molecule has 0 aliphatic carbocycles. The molecule has 8 heteroatoms. The Morgan fingerprint density at radius 2 is 1.83 bits per heavy atom. The number of hydrogen-bond acceptors (Lipinski definition) is 4. The first-order valence-electron chi connectivity index (χ1n) is 7.53. The third-order valence-corrected chi connectivity index (χ3v) is 4.68. The first kappa shape index (κ1) is 17.5. The number of benzene rings is 1. The molecule has 0 radical (unpaired) electrons. The molecule has 1 fully saturated rings. The monoisotopic (exact) mass is 342 g/mol. The second-order valence-electron chi connectivity index (χ2n) is 5.55. The van der Waals surface area contributed by atoms with Gasteiger partial charge in [-0.15, -0.1) is 0 Å². The molecule has 1 saturated heterocycles. The van der Waals surface area contributed by atoms with Crippen LogP contribution in [-0.4, -0.2) is 71.1 Å². The van der Waals surface area contributed by atoms with Crippen molar-refractivity contribution >= 4 is 21.5 Å². The van der Waals surface area contributed by atoms with Crippen molar-refractivity contribution in [2.24, 2.45) is 4.99 Å². The number of nitrogens with one attached hydrogen (secondary N) is 1. The van der Waals surface area contributed by atoms with Gasteiger partial charge in [-0.25, -0.2) is 12.8 Å². The molecule has 0 bridgehead atoms. The van der Waals surface area contributed by atoms with E-state index < -0.39 is 9.84 Å². The fourth-order valence-corrected chi connectivity index (χ4v) is 2.98. The van der Waals surface area contributed by atoms with Crippen LogP contribution < -0.4 is 10.2 Å². The molecule has 128 valence electrons. The van der Waals surface area contributed by atoms with Crippen LogP contribution in [0.15, 0.2) is 29.3 Å². The summed E-state index contributed by atoms with van der Waals surface area (Å²) in [6.45, 7) is 3.51. The van der Waals surface area contributed by atoms with Gasteiger partial charge in [-0.2, -0.15) is 0 Å². The molecule has 0 atom stereocenters. The molecule has 1 aromatic rings. The van der Waals surface area contributed by atoms with Gasteiger partial charge in [-0.1, -0.05) is 0 Å². The van der Waals surface area contributed by atoms with E-state index >= 15 is 0 Å². The molecule has 1 aromatic carbocycles. The SMILES string of the molecule is CN=C(NCCS(C)(=O)=O)N1CCN(c2ccc(F)cc2)CC1. The molecule has 0 amide bonds. The Kier molecular flexibility index (Phi) is 5.81. The van der Waals surface area contributed by atoms with Gasteiger partial charge in [0, 0.05) is 51.7 Å². The topological polar surface area (TPSA) is 65.0 Å². The van der Waals surface area contributed by atoms with Crippen molar-refractivity contribution < 1.29 is 12.8 Å². The van der Waals surface area contributed by atoms with Crippen LogP contribution in [-0.2, 0) is 9.84 Å². The minimum atomic E-state index is -2.98. The van der Waals surface area contributed by atoms with Crippen molar-refractivity contribution in [1.29, 1.82) is 0 Å². The molecule has 2 rings (SSSR count). The summed E-state index contributed by atoms with van der Waals surface area (Å²) in [5.74, 6) is 0.567. The number of halogens is 1. The van der Waals surface area contributed by atoms with Crippen LogP contribution in [0.1, 0.15) is 0 Å². The Bertz CT molecular complexity index is 638. The highest BCUT2D eigenvalue weighted by Gasteiger charge is 2.19. The first-order valence-corrected chi connectivity index (χ1v) is 9.59. The zero-order valence-corrected chi connectivity index (χ0v) is 14.3. The van der Waals surface area contributed by atoms with Crippen molar-refractivity contribution in [1.82, 2.24) is 10.2 Å². The lowest BCUT2D eigenvalue weighted by Crippen LogP contribution is -2.53. The van der Waals surface area contributed by atoms with E-state index in [9.17, 15) is 12.8 Å². The minimum Gasteiger partial charge on any atom is -0.368 e. The number of anilines is 1. The first-order chi connectivity index (χ1) is 10.9. The van der Waals surface area contributed by atoms with Crippen LogP contribution in [0.4, 0.5) is 10.1 Å². The second-order valence-corrected chi connectivity index (χ2v) is 7.81. The lowest BCUT2D eigenvalue weighted by molar-refractivity contribution is 0.373. The third kappa shape index (κ3) is 5.38. The zero-order valence-electron chi connectivity index (χ0n) is 13.5. The van der Waals surface area contributed by atoms with Gasteiger partial charge in [0.2, 0.25) is 0 Å². The van der Waals surface area contributed by atoms with Gasteiger partial charge in [-0.3, -0.25) is 4.99 Å². The predicted molar refractivity (Wildman–Crippen MR) is 91.3 cm³/mol. The molecule has 6 nitrogen and oxygen atoms in total. The number of nitrogens with zero attached hydrogens (tertiary/aromatic N) is 3. The summed E-state index contributed by atoms with van der Waals surface area (Å²) in [6, 6.07) is 6.50. The van der Waals surface area contributed by atoms with Crippen LogP contribution >= 0.6 is 0 Å². The van der Waals surface area contributed by atoms with E-state index in [0.717, 1.165) is 31.9 Å². The number of aliphatic imine (C=N–C) groups is 1. The molecule has 0 unspecified atom stereocenters. The van der Waals surface area contributed by atoms with E-state index in [1.165, 1.54) is 18.4 Å². The predicted octanol–water partition coefficient (Wildman–Crippen LogP) is 0.568. The summed E-state index contributed by atoms with van der Waals surface area (Å²) in [6.07, 6.45) is 1.22. The maximum Gasteiger partial charge on any atom is 0.193 e. The Morgan fingerprint density at radius 1 is 1.22 bits per heavy atom. The van der Waals surface area contributed by atoms with Gasteiger partial charge in [0.1, 0.15) is 15.7 Å². The summed E-state index contributed by atoms with van der Waals surface area (Å²) >= 11 is 0. The van der Waals surface area contributed by atoms with Gasteiger partial charge in [-0.05, 0) is 24.3 Å². The van der Waals surface area contributed by atoms with Crippen molar-refractivity contribution in [3.05, 3.63) is 30.1 Å². The average molecular weight is 342 g/mol. The van der Waals surface area contributed by atoms with Crippen molar-refractivity contribution in [3.8, 4) is 0 Å². The number of piperazine rings is 1. The lowest BCUT2D eigenvalue weighted by Gasteiger charge is -2.37. The maximum atomic E-state index is 13.0. The average Bonchev–Trinajstić information content (AvgIpc) is 2.52. The Balaban J connectivity index is 1.86. The molecule has 0 aromatic heterocycles. The molecule has 0 saturated carbocycles. The molecule has 1 heterocycles. The summed E-state index contributed by atoms with van der Waals surface area (Å²) in [4.78, 5) is 8.50. The van der Waals surface area contributed by atoms with E-state index in [2.05, 4.69) is 20.1 Å². The molecule has 0 spiro atoms. The summed E-state index contributed by atoms with van der Waals surface area (Å²) in [5, 5.41) is 3.09. The van der Waals surface area contributed by atoms with Crippen molar-refractivity contribution in [3.63, 3.8) is 0 Å². The normalized spacial score (nSPS) is 16.6. The smallest absolute Gasteiger partial charge is 0.193 e. The summed E-state index contributed by atoms with van der Waals surface area (Å²) in [7, 11) is -1.29. The lowest BCUT2D eigenvalue weighted by atomic mass is 10.2. The number of hydrogen-bond donors (Lipinski definition) is 1. The molecule has 1 N–H and O–H groups in total. The zero-order chi connectivity index (χ0) is 16.9. The van der Waals surface area contributed by atoms with E-state index in [-0.39, 0.29) is 11.6 Å². The molecule has 23 heavy (non-hydrogen) atoms. The maximum absolute atomic E-state index is 13.0. The Hall–Kier alpha value is -1.83. The second kappa shape index (κ2) is 7.63. The molecule has 1 aliphatic rings. The number of guanidine groups is 1. The Labute approximate surface area is 136 Å². The quantitative estimate of drug-likeness (QED) is 0.640.